The van der Waals surface area contributed by atoms with Crippen molar-refractivity contribution in [3.63, 3.8) is 0 Å². The van der Waals surface area contributed by atoms with E-state index < -0.39 is 24.4 Å². The lowest BCUT2D eigenvalue weighted by Crippen LogP contribution is -2.21. The van der Waals surface area contributed by atoms with Gasteiger partial charge in [-0.05, 0) is 36.4 Å². The lowest BCUT2D eigenvalue weighted by Gasteiger charge is -2.19. The third kappa shape index (κ3) is 5.13. The molecule has 1 aliphatic rings. The highest BCUT2D eigenvalue weighted by Crippen LogP contribution is 2.32. The van der Waals surface area contributed by atoms with Gasteiger partial charge in [0, 0.05) is 11.8 Å². The maximum atomic E-state index is 12.0. The minimum Gasteiger partial charge on any atom is -0.486 e. The van der Waals surface area contributed by atoms with Gasteiger partial charge in [0.25, 0.3) is 11.8 Å². The number of carbonyl (C=O) groups is 3. The minimum absolute atomic E-state index is 0.235. The molecule has 3 rings (SSSR count). The SMILES string of the molecule is NC(=O)COc1ccc(C(=O)OCC(=O)Nc2ccc3c(c2)OCCO3)cc1. The van der Waals surface area contributed by atoms with Crippen LogP contribution in [-0.2, 0) is 14.3 Å². The number of ether oxygens (including phenoxy) is 4. The average molecular weight is 386 g/mol. The topological polar surface area (TPSA) is 126 Å². The zero-order valence-electron chi connectivity index (χ0n) is 14.8. The number of primary amides is 1. The van der Waals surface area contributed by atoms with Crippen molar-refractivity contribution in [2.45, 2.75) is 0 Å². The molecule has 28 heavy (non-hydrogen) atoms. The number of carbonyl (C=O) groups excluding carboxylic acids is 3. The van der Waals surface area contributed by atoms with Crippen molar-refractivity contribution in [1.82, 2.24) is 0 Å². The number of hydrogen-bond donors (Lipinski definition) is 2. The Morgan fingerprint density at radius 1 is 0.964 bits per heavy atom. The third-order valence-corrected chi connectivity index (χ3v) is 3.63. The number of amides is 2. The van der Waals surface area contributed by atoms with Crippen LogP contribution in [0.5, 0.6) is 17.2 Å². The third-order valence-electron chi connectivity index (χ3n) is 3.63. The molecule has 0 unspecified atom stereocenters. The van der Waals surface area contributed by atoms with Crippen LogP contribution in [0.2, 0.25) is 0 Å². The van der Waals surface area contributed by atoms with E-state index in [0.29, 0.717) is 36.1 Å². The summed E-state index contributed by atoms with van der Waals surface area (Å²) in [6.07, 6.45) is 0. The standard InChI is InChI=1S/C19H18N2O7/c20-17(22)10-27-14-4-1-12(2-5-14)19(24)28-11-18(23)21-13-3-6-15-16(9-13)26-8-7-25-15/h1-6,9H,7-8,10-11H2,(H2,20,22)(H,21,23). The Kier molecular flexibility index (Phi) is 5.95. The molecule has 2 aromatic rings. The molecule has 2 amide bonds. The molecule has 0 saturated carbocycles. The Bertz CT molecular complexity index is 880. The summed E-state index contributed by atoms with van der Waals surface area (Å²) in [7, 11) is 0. The molecular formula is C19H18N2O7. The van der Waals surface area contributed by atoms with E-state index in [2.05, 4.69) is 5.32 Å². The van der Waals surface area contributed by atoms with Crippen molar-refractivity contribution in [2.75, 3.05) is 31.7 Å². The number of anilines is 1. The van der Waals surface area contributed by atoms with Gasteiger partial charge in [0.1, 0.15) is 19.0 Å². The van der Waals surface area contributed by atoms with Crippen LogP contribution in [0.4, 0.5) is 5.69 Å². The maximum absolute atomic E-state index is 12.0. The van der Waals surface area contributed by atoms with E-state index >= 15 is 0 Å². The lowest BCUT2D eigenvalue weighted by molar-refractivity contribution is -0.120. The highest BCUT2D eigenvalue weighted by molar-refractivity contribution is 5.95. The van der Waals surface area contributed by atoms with E-state index in [9.17, 15) is 14.4 Å². The summed E-state index contributed by atoms with van der Waals surface area (Å²) >= 11 is 0. The second-order valence-electron chi connectivity index (χ2n) is 5.76. The van der Waals surface area contributed by atoms with Gasteiger partial charge in [-0.25, -0.2) is 4.79 Å². The Morgan fingerprint density at radius 2 is 1.68 bits per heavy atom. The zero-order chi connectivity index (χ0) is 19.9. The summed E-state index contributed by atoms with van der Waals surface area (Å²) in [5.74, 6) is -0.233. The summed E-state index contributed by atoms with van der Waals surface area (Å²) in [6, 6.07) is 10.9. The first-order valence-electron chi connectivity index (χ1n) is 8.39. The maximum Gasteiger partial charge on any atom is 0.338 e. The zero-order valence-corrected chi connectivity index (χ0v) is 14.8. The molecular weight excluding hydrogens is 368 g/mol. The molecule has 0 saturated heterocycles. The van der Waals surface area contributed by atoms with Gasteiger partial charge >= 0.3 is 5.97 Å². The summed E-state index contributed by atoms with van der Waals surface area (Å²) in [5, 5.41) is 2.62. The molecule has 9 heteroatoms. The molecule has 0 atom stereocenters. The van der Waals surface area contributed by atoms with Crippen molar-refractivity contribution in [3.8, 4) is 17.2 Å². The number of nitrogens with two attached hydrogens (primary N) is 1. The monoisotopic (exact) mass is 386 g/mol. The van der Waals surface area contributed by atoms with Crippen LogP contribution >= 0.6 is 0 Å². The van der Waals surface area contributed by atoms with Crippen molar-refractivity contribution >= 4 is 23.5 Å². The first-order valence-corrected chi connectivity index (χ1v) is 8.39. The number of nitrogens with one attached hydrogen (secondary N) is 1. The fraction of sp³-hybridized carbons (Fsp3) is 0.211. The molecule has 146 valence electrons. The van der Waals surface area contributed by atoms with Crippen molar-refractivity contribution in [1.29, 1.82) is 0 Å². The fourth-order valence-electron chi connectivity index (χ4n) is 2.37. The van der Waals surface area contributed by atoms with Gasteiger partial charge in [-0.3, -0.25) is 9.59 Å². The predicted molar refractivity (Wildman–Crippen MR) is 97.5 cm³/mol. The Morgan fingerprint density at radius 3 is 2.39 bits per heavy atom. The highest BCUT2D eigenvalue weighted by Gasteiger charge is 2.14. The molecule has 0 bridgehead atoms. The number of hydrogen-bond acceptors (Lipinski definition) is 7. The predicted octanol–water partition coefficient (Wildman–Crippen LogP) is 1.12. The van der Waals surface area contributed by atoms with Crippen LogP contribution in [0.15, 0.2) is 42.5 Å². The average Bonchev–Trinajstić information content (AvgIpc) is 2.70. The molecule has 1 heterocycles. The van der Waals surface area contributed by atoms with Crippen LogP contribution in [0.1, 0.15) is 10.4 Å². The van der Waals surface area contributed by atoms with Crippen LogP contribution in [0.25, 0.3) is 0 Å². The largest absolute Gasteiger partial charge is 0.486 e. The van der Waals surface area contributed by atoms with E-state index in [4.69, 9.17) is 24.7 Å². The Labute approximate surface area is 160 Å². The van der Waals surface area contributed by atoms with Crippen LogP contribution < -0.4 is 25.3 Å². The van der Waals surface area contributed by atoms with E-state index in [1.807, 2.05) is 0 Å². The second-order valence-corrected chi connectivity index (χ2v) is 5.76. The molecule has 3 N–H and O–H groups in total. The van der Waals surface area contributed by atoms with E-state index in [1.54, 1.807) is 18.2 Å². The number of fused-ring (bicyclic) bond motifs is 1. The molecule has 2 aromatic carbocycles. The number of benzene rings is 2. The van der Waals surface area contributed by atoms with Crippen LogP contribution in [0.3, 0.4) is 0 Å². The Balaban J connectivity index is 1.48. The van der Waals surface area contributed by atoms with Gasteiger partial charge in [0.05, 0.1) is 5.56 Å². The smallest absolute Gasteiger partial charge is 0.338 e. The molecule has 1 aliphatic heterocycles. The quantitative estimate of drug-likeness (QED) is 0.683. The first-order chi connectivity index (χ1) is 13.5. The van der Waals surface area contributed by atoms with E-state index in [-0.39, 0.29) is 12.2 Å². The summed E-state index contributed by atoms with van der Waals surface area (Å²) in [6.45, 7) is 0.207. The van der Waals surface area contributed by atoms with Crippen molar-refractivity contribution in [3.05, 3.63) is 48.0 Å². The fourth-order valence-corrected chi connectivity index (χ4v) is 2.37. The molecule has 0 aromatic heterocycles. The normalized spacial score (nSPS) is 12.0. The molecule has 0 fully saturated rings. The van der Waals surface area contributed by atoms with Gasteiger partial charge in [-0.1, -0.05) is 0 Å². The van der Waals surface area contributed by atoms with Crippen LogP contribution in [0, 0.1) is 0 Å². The van der Waals surface area contributed by atoms with Gasteiger partial charge in [-0.15, -0.1) is 0 Å². The van der Waals surface area contributed by atoms with Crippen LogP contribution in [-0.4, -0.2) is 44.2 Å². The van der Waals surface area contributed by atoms with E-state index in [1.165, 1.54) is 24.3 Å². The van der Waals surface area contributed by atoms with Gasteiger partial charge in [-0.2, -0.15) is 0 Å². The highest BCUT2D eigenvalue weighted by atomic mass is 16.6. The Hall–Kier alpha value is -3.75. The molecule has 0 aliphatic carbocycles. The number of esters is 1. The number of rotatable bonds is 7. The minimum atomic E-state index is -0.668. The lowest BCUT2D eigenvalue weighted by atomic mass is 10.2. The molecule has 0 spiro atoms. The molecule has 9 nitrogen and oxygen atoms in total. The van der Waals surface area contributed by atoms with Gasteiger partial charge in [0.2, 0.25) is 0 Å². The molecule has 0 radical (unpaired) electrons. The summed E-state index contributed by atoms with van der Waals surface area (Å²) in [4.78, 5) is 34.7. The van der Waals surface area contributed by atoms with Gasteiger partial charge < -0.3 is 30.0 Å². The van der Waals surface area contributed by atoms with E-state index in [0.717, 1.165) is 0 Å². The summed E-state index contributed by atoms with van der Waals surface area (Å²) < 4.78 is 20.9. The van der Waals surface area contributed by atoms with Crippen molar-refractivity contribution in [2.24, 2.45) is 5.73 Å². The van der Waals surface area contributed by atoms with Crippen molar-refractivity contribution < 1.29 is 33.3 Å². The summed E-state index contributed by atoms with van der Waals surface area (Å²) in [5.41, 5.74) is 5.72. The first kappa shape index (κ1) is 19.0. The van der Waals surface area contributed by atoms with Gasteiger partial charge in [0.15, 0.2) is 24.7 Å². The second kappa shape index (κ2) is 8.76.